The Labute approximate surface area is 139 Å². The highest BCUT2D eigenvalue weighted by atomic mass is 35.5. The molecule has 0 spiro atoms. The molecule has 0 aliphatic heterocycles. The summed E-state index contributed by atoms with van der Waals surface area (Å²) in [7, 11) is 1.59. The number of anilines is 2. The summed E-state index contributed by atoms with van der Waals surface area (Å²) in [6, 6.07) is 11.7. The minimum Gasteiger partial charge on any atom is -0.497 e. The quantitative estimate of drug-likeness (QED) is 0.847. The number of methoxy groups -OCH3 is 1. The standard InChI is InChI=1S/C16H16Cl2N2O2/c1-10(19-14-8-11(17)7-12(18)9-14)16(21)20-13-3-5-15(22-2)6-4-13/h3-10,19H,1-2H3,(H,20,21)/t10-/m0/s1. The number of amides is 1. The van der Waals surface area contributed by atoms with Crippen LogP contribution in [0.4, 0.5) is 11.4 Å². The number of hydrogen-bond acceptors (Lipinski definition) is 3. The summed E-state index contributed by atoms with van der Waals surface area (Å²) >= 11 is 11.9. The summed E-state index contributed by atoms with van der Waals surface area (Å²) in [5.41, 5.74) is 1.39. The van der Waals surface area contributed by atoms with Gasteiger partial charge in [-0.1, -0.05) is 23.2 Å². The molecule has 2 aromatic carbocycles. The summed E-state index contributed by atoms with van der Waals surface area (Å²) in [6.07, 6.45) is 0. The highest BCUT2D eigenvalue weighted by molar-refractivity contribution is 6.35. The van der Waals surface area contributed by atoms with E-state index in [0.29, 0.717) is 21.4 Å². The highest BCUT2D eigenvalue weighted by Gasteiger charge is 2.13. The number of carbonyl (C=O) groups is 1. The third-order valence-electron chi connectivity index (χ3n) is 3.00. The summed E-state index contributed by atoms with van der Waals surface area (Å²) in [6.45, 7) is 1.76. The molecule has 0 saturated heterocycles. The lowest BCUT2D eigenvalue weighted by atomic mass is 10.2. The molecule has 0 saturated carbocycles. The SMILES string of the molecule is COc1ccc(NC(=O)[C@H](C)Nc2cc(Cl)cc(Cl)c2)cc1. The number of rotatable bonds is 5. The highest BCUT2D eigenvalue weighted by Crippen LogP contribution is 2.23. The van der Waals surface area contributed by atoms with Gasteiger partial charge in [-0.05, 0) is 49.4 Å². The molecule has 1 atom stereocenters. The smallest absolute Gasteiger partial charge is 0.246 e. The maximum Gasteiger partial charge on any atom is 0.246 e. The molecule has 0 bridgehead atoms. The summed E-state index contributed by atoms with van der Waals surface area (Å²) < 4.78 is 5.07. The predicted octanol–water partition coefficient (Wildman–Crippen LogP) is 4.44. The molecule has 0 heterocycles. The van der Waals surface area contributed by atoms with Gasteiger partial charge in [0.15, 0.2) is 0 Å². The number of halogens is 2. The van der Waals surface area contributed by atoms with E-state index < -0.39 is 6.04 Å². The van der Waals surface area contributed by atoms with E-state index in [1.165, 1.54) is 0 Å². The first-order valence-electron chi connectivity index (χ1n) is 6.65. The van der Waals surface area contributed by atoms with Crippen molar-refractivity contribution >= 4 is 40.5 Å². The largest absolute Gasteiger partial charge is 0.497 e. The Bertz CT molecular complexity index is 639. The zero-order valence-corrected chi connectivity index (χ0v) is 13.7. The molecule has 1 amide bonds. The first kappa shape index (κ1) is 16.5. The van der Waals surface area contributed by atoms with E-state index in [9.17, 15) is 4.79 Å². The third-order valence-corrected chi connectivity index (χ3v) is 3.43. The van der Waals surface area contributed by atoms with Gasteiger partial charge in [0.05, 0.1) is 7.11 Å². The minimum atomic E-state index is -0.448. The van der Waals surface area contributed by atoms with Crippen molar-refractivity contribution in [3.8, 4) is 5.75 Å². The normalized spacial score (nSPS) is 11.6. The number of carbonyl (C=O) groups excluding carboxylic acids is 1. The van der Waals surface area contributed by atoms with Gasteiger partial charge in [-0.15, -0.1) is 0 Å². The van der Waals surface area contributed by atoms with Crippen LogP contribution in [0.25, 0.3) is 0 Å². The monoisotopic (exact) mass is 338 g/mol. The first-order chi connectivity index (χ1) is 10.5. The molecule has 0 radical (unpaired) electrons. The Balaban J connectivity index is 1.99. The zero-order chi connectivity index (χ0) is 16.1. The van der Waals surface area contributed by atoms with Crippen LogP contribution in [0.3, 0.4) is 0 Å². The summed E-state index contributed by atoms with van der Waals surface area (Å²) in [4.78, 5) is 12.2. The van der Waals surface area contributed by atoms with Gasteiger partial charge in [-0.3, -0.25) is 4.79 Å². The number of nitrogens with one attached hydrogen (secondary N) is 2. The Kier molecular flexibility index (Phi) is 5.52. The van der Waals surface area contributed by atoms with Gasteiger partial charge in [0.25, 0.3) is 0 Å². The fourth-order valence-electron chi connectivity index (χ4n) is 1.88. The van der Waals surface area contributed by atoms with Crippen molar-refractivity contribution in [1.82, 2.24) is 0 Å². The van der Waals surface area contributed by atoms with Gasteiger partial charge in [0.1, 0.15) is 11.8 Å². The van der Waals surface area contributed by atoms with E-state index in [0.717, 1.165) is 5.75 Å². The second-order valence-corrected chi connectivity index (χ2v) is 5.61. The number of hydrogen-bond donors (Lipinski definition) is 2. The average Bonchev–Trinajstić information content (AvgIpc) is 2.46. The maximum absolute atomic E-state index is 12.2. The van der Waals surface area contributed by atoms with Crippen LogP contribution in [0.1, 0.15) is 6.92 Å². The van der Waals surface area contributed by atoms with E-state index >= 15 is 0 Å². The van der Waals surface area contributed by atoms with E-state index in [4.69, 9.17) is 27.9 Å². The topological polar surface area (TPSA) is 50.4 Å². The van der Waals surface area contributed by atoms with Crippen LogP contribution < -0.4 is 15.4 Å². The molecule has 0 unspecified atom stereocenters. The van der Waals surface area contributed by atoms with Gasteiger partial charge >= 0.3 is 0 Å². The van der Waals surface area contributed by atoms with Crippen molar-refractivity contribution in [2.75, 3.05) is 17.7 Å². The van der Waals surface area contributed by atoms with Crippen LogP contribution in [-0.4, -0.2) is 19.1 Å². The molecule has 0 aromatic heterocycles. The van der Waals surface area contributed by atoms with Crippen molar-refractivity contribution in [2.45, 2.75) is 13.0 Å². The molecule has 22 heavy (non-hydrogen) atoms. The van der Waals surface area contributed by atoms with Gasteiger partial charge in [0, 0.05) is 21.4 Å². The van der Waals surface area contributed by atoms with Crippen LogP contribution in [0.15, 0.2) is 42.5 Å². The van der Waals surface area contributed by atoms with Crippen molar-refractivity contribution in [1.29, 1.82) is 0 Å². The lowest BCUT2D eigenvalue weighted by Crippen LogP contribution is -2.31. The lowest BCUT2D eigenvalue weighted by Gasteiger charge is -2.16. The molecular formula is C16H16Cl2N2O2. The second kappa shape index (κ2) is 7.38. The van der Waals surface area contributed by atoms with Gasteiger partial charge < -0.3 is 15.4 Å². The molecule has 0 aliphatic carbocycles. The molecule has 0 aliphatic rings. The molecule has 6 heteroatoms. The molecule has 4 nitrogen and oxygen atoms in total. The van der Waals surface area contributed by atoms with Gasteiger partial charge in [-0.25, -0.2) is 0 Å². The Hall–Kier alpha value is -1.91. The second-order valence-electron chi connectivity index (χ2n) is 4.74. The Morgan fingerprint density at radius 3 is 2.18 bits per heavy atom. The van der Waals surface area contributed by atoms with Crippen LogP contribution in [0.2, 0.25) is 10.0 Å². The Morgan fingerprint density at radius 2 is 1.64 bits per heavy atom. The van der Waals surface area contributed by atoms with E-state index in [1.54, 1.807) is 56.5 Å². The Morgan fingerprint density at radius 1 is 1.05 bits per heavy atom. The average molecular weight is 339 g/mol. The lowest BCUT2D eigenvalue weighted by molar-refractivity contribution is -0.116. The number of ether oxygens (including phenoxy) is 1. The van der Waals surface area contributed by atoms with E-state index in [-0.39, 0.29) is 5.91 Å². The predicted molar refractivity (Wildman–Crippen MR) is 91.2 cm³/mol. The zero-order valence-electron chi connectivity index (χ0n) is 12.2. The van der Waals surface area contributed by atoms with Crippen LogP contribution in [-0.2, 0) is 4.79 Å². The molecule has 2 N–H and O–H groups in total. The number of benzene rings is 2. The van der Waals surface area contributed by atoms with E-state index in [2.05, 4.69) is 10.6 Å². The summed E-state index contributed by atoms with van der Waals surface area (Å²) in [5, 5.41) is 6.90. The van der Waals surface area contributed by atoms with Gasteiger partial charge in [0.2, 0.25) is 5.91 Å². The first-order valence-corrected chi connectivity index (χ1v) is 7.41. The van der Waals surface area contributed by atoms with Crippen LogP contribution >= 0.6 is 23.2 Å². The van der Waals surface area contributed by atoms with Crippen molar-refractivity contribution in [3.63, 3.8) is 0 Å². The molecule has 116 valence electrons. The molecule has 2 rings (SSSR count). The van der Waals surface area contributed by atoms with Crippen molar-refractivity contribution < 1.29 is 9.53 Å². The fourth-order valence-corrected chi connectivity index (χ4v) is 2.40. The maximum atomic E-state index is 12.2. The third kappa shape index (κ3) is 4.55. The van der Waals surface area contributed by atoms with Gasteiger partial charge in [-0.2, -0.15) is 0 Å². The fraction of sp³-hybridized carbons (Fsp3) is 0.188. The van der Waals surface area contributed by atoms with Crippen molar-refractivity contribution in [2.24, 2.45) is 0 Å². The molecular weight excluding hydrogens is 323 g/mol. The molecule has 0 fully saturated rings. The van der Waals surface area contributed by atoms with Crippen LogP contribution in [0.5, 0.6) is 5.75 Å². The van der Waals surface area contributed by atoms with Crippen molar-refractivity contribution in [3.05, 3.63) is 52.5 Å². The minimum absolute atomic E-state index is 0.165. The molecule has 2 aromatic rings. The summed E-state index contributed by atoms with van der Waals surface area (Å²) in [5.74, 6) is 0.569. The van der Waals surface area contributed by atoms with E-state index in [1.807, 2.05) is 0 Å². The van der Waals surface area contributed by atoms with Crippen LogP contribution in [0, 0.1) is 0 Å².